The highest BCUT2D eigenvalue weighted by molar-refractivity contribution is 5.86. The molecule has 0 aromatic carbocycles. The lowest BCUT2D eigenvalue weighted by Gasteiger charge is -2.00. The number of methoxy groups -OCH3 is 1. The van der Waals surface area contributed by atoms with Gasteiger partial charge in [-0.3, -0.25) is 4.98 Å². The third kappa shape index (κ3) is 2.66. The number of aromatic nitrogens is 5. The van der Waals surface area contributed by atoms with Gasteiger partial charge in [-0.25, -0.2) is 23.8 Å². The number of pyridine rings is 1. The van der Waals surface area contributed by atoms with E-state index in [4.69, 9.17) is 0 Å². The van der Waals surface area contributed by atoms with Crippen molar-refractivity contribution >= 4 is 5.97 Å². The van der Waals surface area contributed by atoms with E-state index in [1.807, 2.05) is 0 Å². The van der Waals surface area contributed by atoms with Gasteiger partial charge in [0.15, 0.2) is 11.5 Å². The quantitative estimate of drug-likeness (QED) is 0.684. The van der Waals surface area contributed by atoms with E-state index in [2.05, 4.69) is 24.8 Å². The minimum atomic E-state index is -0.555. The van der Waals surface area contributed by atoms with E-state index in [-0.39, 0.29) is 5.69 Å². The summed E-state index contributed by atoms with van der Waals surface area (Å²) in [5.41, 5.74) is 1.16. The van der Waals surface area contributed by atoms with Gasteiger partial charge < -0.3 is 4.74 Å². The molecule has 0 atom stereocenters. The molecule has 3 heterocycles. The smallest absolute Gasteiger partial charge is 0.358 e. The minimum Gasteiger partial charge on any atom is -0.464 e. The van der Waals surface area contributed by atoms with Gasteiger partial charge in [0.2, 0.25) is 0 Å². The van der Waals surface area contributed by atoms with Crippen molar-refractivity contribution < 1.29 is 13.9 Å². The fourth-order valence-corrected chi connectivity index (χ4v) is 1.76. The Bertz CT molecular complexity index is 799. The maximum absolute atomic E-state index is 12.9. The highest BCUT2D eigenvalue weighted by atomic mass is 19.1. The third-order valence-electron chi connectivity index (χ3n) is 2.84. The molecule has 3 aromatic rings. The molecular formula is C14H10FN5O2. The SMILES string of the molecule is COC(=O)c1cnc(-c2ccn(-c3ccc(F)cn3)n2)cn1. The van der Waals surface area contributed by atoms with Crippen LogP contribution in [-0.4, -0.2) is 37.8 Å². The topological polar surface area (TPSA) is 82.8 Å². The highest BCUT2D eigenvalue weighted by Crippen LogP contribution is 2.15. The third-order valence-corrected chi connectivity index (χ3v) is 2.84. The summed E-state index contributed by atoms with van der Waals surface area (Å²) in [6.07, 6.45) is 5.53. The second-order valence-electron chi connectivity index (χ2n) is 4.26. The average Bonchev–Trinajstić information content (AvgIpc) is 3.05. The number of carbonyl (C=O) groups excluding carboxylic acids is 1. The van der Waals surface area contributed by atoms with Crippen molar-refractivity contribution in [2.24, 2.45) is 0 Å². The largest absolute Gasteiger partial charge is 0.464 e. The second kappa shape index (κ2) is 5.68. The zero-order chi connectivity index (χ0) is 15.5. The summed E-state index contributed by atoms with van der Waals surface area (Å²) in [4.78, 5) is 23.3. The average molecular weight is 299 g/mol. The molecule has 0 aliphatic heterocycles. The van der Waals surface area contributed by atoms with E-state index in [1.54, 1.807) is 12.3 Å². The van der Waals surface area contributed by atoms with Crippen LogP contribution in [0.25, 0.3) is 17.2 Å². The Balaban J connectivity index is 1.87. The van der Waals surface area contributed by atoms with E-state index in [9.17, 15) is 9.18 Å². The molecule has 0 saturated heterocycles. The molecule has 110 valence electrons. The number of esters is 1. The van der Waals surface area contributed by atoms with Crippen molar-refractivity contribution in [1.82, 2.24) is 24.7 Å². The lowest BCUT2D eigenvalue weighted by Crippen LogP contribution is -2.05. The van der Waals surface area contributed by atoms with Crippen LogP contribution in [0.5, 0.6) is 0 Å². The number of halogens is 1. The standard InChI is InChI=1S/C14H10FN5O2/c1-22-14(21)12-8-16-11(7-17-12)10-4-5-20(19-10)13-3-2-9(15)6-18-13/h2-8H,1H3. The van der Waals surface area contributed by atoms with Gasteiger partial charge in [-0.15, -0.1) is 0 Å². The first-order valence-corrected chi connectivity index (χ1v) is 6.26. The number of hydrogen-bond donors (Lipinski definition) is 0. The van der Waals surface area contributed by atoms with Crippen LogP contribution in [0.15, 0.2) is 43.0 Å². The van der Waals surface area contributed by atoms with Crippen molar-refractivity contribution in [2.45, 2.75) is 0 Å². The van der Waals surface area contributed by atoms with Crippen molar-refractivity contribution in [2.75, 3.05) is 7.11 Å². The summed E-state index contributed by atoms with van der Waals surface area (Å²) >= 11 is 0. The van der Waals surface area contributed by atoms with Gasteiger partial charge in [0.1, 0.15) is 17.2 Å². The van der Waals surface area contributed by atoms with Crippen molar-refractivity contribution in [3.8, 4) is 17.2 Å². The summed E-state index contributed by atoms with van der Waals surface area (Å²) in [7, 11) is 1.27. The van der Waals surface area contributed by atoms with E-state index in [0.717, 1.165) is 6.20 Å². The summed E-state index contributed by atoms with van der Waals surface area (Å²) in [6.45, 7) is 0. The van der Waals surface area contributed by atoms with Gasteiger partial charge >= 0.3 is 5.97 Å². The molecule has 0 fully saturated rings. The number of hydrogen-bond acceptors (Lipinski definition) is 6. The van der Waals surface area contributed by atoms with Crippen LogP contribution in [0.3, 0.4) is 0 Å². The molecule has 0 unspecified atom stereocenters. The molecule has 22 heavy (non-hydrogen) atoms. The maximum atomic E-state index is 12.9. The highest BCUT2D eigenvalue weighted by Gasteiger charge is 2.10. The maximum Gasteiger partial charge on any atom is 0.358 e. The van der Waals surface area contributed by atoms with Crippen LogP contribution in [0.2, 0.25) is 0 Å². The Kier molecular flexibility index (Phi) is 3.57. The Morgan fingerprint density at radius 2 is 1.95 bits per heavy atom. The predicted octanol–water partition coefficient (Wildman–Crippen LogP) is 1.65. The summed E-state index contributed by atoms with van der Waals surface area (Å²) in [5.74, 6) is -0.493. The Hall–Kier alpha value is -3.16. The van der Waals surface area contributed by atoms with Gasteiger partial charge in [-0.05, 0) is 18.2 Å². The Morgan fingerprint density at radius 3 is 2.59 bits per heavy atom. The van der Waals surface area contributed by atoms with Crippen LogP contribution < -0.4 is 0 Å². The summed E-state index contributed by atoms with van der Waals surface area (Å²) in [6, 6.07) is 4.53. The molecule has 0 bridgehead atoms. The van der Waals surface area contributed by atoms with Crippen LogP contribution in [0.4, 0.5) is 4.39 Å². The molecule has 0 amide bonds. The first kappa shape index (κ1) is 13.8. The number of ether oxygens (including phenoxy) is 1. The first-order valence-electron chi connectivity index (χ1n) is 6.26. The van der Waals surface area contributed by atoms with Crippen molar-refractivity contribution in [3.63, 3.8) is 0 Å². The van der Waals surface area contributed by atoms with E-state index >= 15 is 0 Å². The first-order chi connectivity index (χ1) is 10.7. The van der Waals surface area contributed by atoms with Crippen LogP contribution in [0.1, 0.15) is 10.5 Å². The monoisotopic (exact) mass is 299 g/mol. The molecule has 0 N–H and O–H groups in total. The van der Waals surface area contributed by atoms with Gasteiger partial charge in [0, 0.05) is 6.20 Å². The van der Waals surface area contributed by atoms with Crippen LogP contribution >= 0.6 is 0 Å². The number of carbonyl (C=O) groups is 1. The van der Waals surface area contributed by atoms with E-state index in [0.29, 0.717) is 17.2 Å². The van der Waals surface area contributed by atoms with Crippen LogP contribution in [0, 0.1) is 5.82 Å². The van der Waals surface area contributed by atoms with Crippen molar-refractivity contribution in [1.29, 1.82) is 0 Å². The van der Waals surface area contributed by atoms with Gasteiger partial charge in [-0.2, -0.15) is 5.10 Å². The summed E-state index contributed by atoms with van der Waals surface area (Å²) in [5, 5.41) is 4.29. The van der Waals surface area contributed by atoms with Gasteiger partial charge in [0.25, 0.3) is 0 Å². The van der Waals surface area contributed by atoms with Crippen molar-refractivity contribution in [3.05, 3.63) is 54.5 Å². The summed E-state index contributed by atoms with van der Waals surface area (Å²) < 4.78 is 18.9. The zero-order valence-electron chi connectivity index (χ0n) is 11.5. The lowest BCUT2D eigenvalue weighted by molar-refractivity contribution is 0.0593. The van der Waals surface area contributed by atoms with E-state index < -0.39 is 11.8 Å². The molecule has 0 spiro atoms. The van der Waals surface area contributed by atoms with E-state index in [1.165, 1.54) is 36.3 Å². The molecule has 0 aliphatic carbocycles. The van der Waals surface area contributed by atoms with Gasteiger partial charge in [0.05, 0.1) is 25.7 Å². The molecular weight excluding hydrogens is 289 g/mol. The molecule has 0 saturated carbocycles. The molecule has 7 nitrogen and oxygen atoms in total. The second-order valence-corrected chi connectivity index (χ2v) is 4.26. The zero-order valence-corrected chi connectivity index (χ0v) is 11.5. The molecule has 8 heteroatoms. The molecule has 0 radical (unpaired) electrons. The normalized spacial score (nSPS) is 10.5. The Labute approximate surface area is 124 Å². The lowest BCUT2D eigenvalue weighted by atomic mass is 10.3. The molecule has 3 aromatic heterocycles. The fourth-order valence-electron chi connectivity index (χ4n) is 1.76. The fraction of sp³-hybridized carbons (Fsp3) is 0.0714. The predicted molar refractivity (Wildman–Crippen MR) is 73.7 cm³/mol. The Morgan fingerprint density at radius 1 is 1.09 bits per heavy atom. The minimum absolute atomic E-state index is 0.117. The van der Waals surface area contributed by atoms with Crippen LogP contribution in [-0.2, 0) is 4.74 Å². The number of nitrogens with zero attached hydrogens (tertiary/aromatic N) is 5. The van der Waals surface area contributed by atoms with Gasteiger partial charge in [-0.1, -0.05) is 0 Å². The number of rotatable bonds is 3. The molecule has 0 aliphatic rings. The molecule has 3 rings (SSSR count).